The maximum atomic E-state index is 13.2. The largest absolute Gasteiger partial charge is 0.341 e. The highest BCUT2D eigenvalue weighted by molar-refractivity contribution is 7.98. The second kappa shape index (κ2) is 8.88. The summed E-state index contributed by atoms with van der Waals surface area (Å²) in [5.74, 6) is 0.524. The Morgan fingerprint density at radius 3 is 2.53 bits per heavy atom. The van der Waals surface area contributed by atoms with Crippen LogP contribution in [0.4, 0.5) is 0 Å². The molecule has 1 amide bonds. The van der Waals surface area contributed by atoms with Gasteiger partial charge >= 0.3 is 0 Å². The van der Waals surface area contributed by atoms with E-state index < -0.39 is 0 Å². The van der Waals surface area contributed by atoms with Gasteiger partial charge in [0.1, 0.15) is 11.5 Å². The minimum atomic E-state index is -0.171. The van der Waals surface area contributed by atoms with E-state index in [0.29, 0.717) is 24.6 Å². The summed E-state index contributed by atoms with van der Waals surface area (Å²) >= 11 is 1.65. The third-order valence-corrected chi connectivity index (χ3v) is 6.33. The first-order chi connectivity index (χ1) is 14.6. The molecule has 3 aromatic rings. The second-order valence-corrected chi connectivity index (χ2v) is 8.49. The molecule has 2 heterocycles. The molecule has 5 nitrogen and oxygen atoms in total. The molecule has 0 bridgehead atoms. The molecule has 154 valence electrons. The Kier molecular flexibility index (Phi) is 6.04. The zero-order chi connectivity index (χ0) is 21.1. The molecule has 2 aromatic carbocycles. The van der Waals surface area contributed by atoms with E-state index in [4.69, 9.17) is 0 Å². The van der Waals surface area contributed by atoms with Crippen LogP contribution in [0.2, 0.25) is 0 Å². The summed E-state index contributed by atoms with van der Waals surface area (Å²) in [5, 5.41) is 0. The number of aryl methyl sites for hydroxylation is 1. The SMILES string of the molecule is CSc1ccc(C(=O)[C@H]2CCCN(C(=O)c3nc(-c4ccccc4)[nH]c3C)C2)cc1. The number of thioether (sulfide) groups is 1. The van der Waals surface area contributed by atoms with E-state index in [9.17, 15) is 9.59 Å². The van der Waals surface area contributed by atoms with Crippen molar-refractivity contribution in [1.82, 2.24) is 14.9 Å². The fourth-order valence-corrected chi connectivity index (χ4v) is 4.33. The highest BCUT2D eigenvalue weighted by Crippen LogP contribution is 2.25. The molecule has 6 heteroatoms. The lowest BCUT2D eigenvalue weighted by Gasteiger charge is -2.31. The van der Waals surface area contributed by atoms with Crippen LogP contribution in [0.3, 0.4) is 0 Å². The smallest absolute Gasteiger partial charge is 0.274 e. The maximum Gasteiger partial charge on any atom is 0.274 e. The Morgan fingerprint density at radius 2 is 1.83 bits per heavy atom. The van der Waals surface area contributed by atoms with Crippen LogP contribution >= 0.6 is 11.8 Å². The molecule has 30 heavy (non-hydrogen) atoms. The first-order valence-corrected chi connectivity index (χ1v) is 11.4. The number of nitrogens with one attached hydrogen (secondary N) is 1. The lowest BCUT2D eigenvalue weighted by atomic mass is 9.90. The van der Waals surface area contributed by atoms with Gasteiger partial charge in [0, 0.05) is 40.7 Å². The van der Waals surface area contributed by atoms with E-state index in [1.807, 2.05) is 67.8 Å². The van der Waals surface area contributed by atoms with Crippen molar-refractivity contribution in [2.45, 2.75) is 24.7 Å². The number of amides is 1. The number of carbonyl (C=O) groups is 2. The lowest BCUT2D eigenvalue weighted by molar-refractivity contribution is 0.0632. The van der Waals surface area contributed by atoms with Crippen LogP contribution in [0.15, 0.2) is 59.5 Å². The molecule has 0 unspecified atom stereocenters. The molecule has 1 saturated heterocycles. The predicted octanol–water partition coefficient (Wildman–Crippen LogP) is 4.84. The van der Waals surface area contributed by atoms with Crippen LogP contribution in [0.5, 0.6) is 0 Å². The number of aromatic nitrogens is 2. The van der Waals surface area contributed by atoms with Gasteiger partial charge in [-0.3, -0.25) is 9.59 Å². The molecule has 1 N–H and O–H groups in total. The van der Waals surface area contributed by atoms with Gasteiger partial charge in [0.15, 0.2) is 5.78 Å². The first-order valence-electron chi connectivity index (χ1n) is 10.2. The van der Waals surface area contributed by atoms with E-state index in [1.165, 1.54) is 0 Å². The molecule has 0 aliphatic carbocycles. The summed E-state index contributed by atoms with van der Waals surface area (Å²) in [6.07, 6.45) is 3.64. The second-order valence-electron chi connectivity index (χ2n) is 7.61. The Morgan fingerprint density at radius 1 is 1.10 bits per heavy atom. The number of rotatable bonds is 5. The standard InChI is InChI=1S/C24H25N3O2S/c1-16-21(26-23(25-16)18-7-4-3-5-8-18)24(29)27-14-6-9-19(15-27)22(28)17-10-12-20(30-2)13-11-17/h3-5,7-8,10-13,19H,6,9,14-15H2,1-2H3,(H,25,26)/t19-/m0/s1. The van der Waals surface area contributed by atoms with E-state index in [1.54, 1.807) is 16.7 Å². The molecule has 1 aromatic heterocycles. The summed E-state index contributed by atoms with van der Waals surface area (Å²) in [6, 6.07) is 17.5. The molecule has 1 atom stereocenters. The topological polar surface area (TPSA) is 66.1 Å². The monoisotopic (exact) mass is 419 g/mol. The normalized spacial score (nSPS) is 16.5. The van der Waals surface area contributed by atoms with E-state index in [0.717, 1.165) is 34.6 Å². The Labute approximate surface area is 180 Å². The van der Waals surface area contributed by atoms with Crippen molar-refractivity contribution >= 4 is 23.5 Å². The number of piperidine rings is 1. The summed E-state index contributed by atoms with van der Waals surface area (Å²) in [4.78, 5) is 36.9. The van der Waals surface area contributed by atoms with Gasteiger partial charge in [-0.2, -0.15) is 0 Å². The fraction of sp³-hybridized carbons (Fsp3) is 0.292. The number of carbonyl (C=O) groups excluding carboxylic acids is 2. The Balaban J connectivity index is 1.50. The van der Waals surface area contributed by atoms with E-state index in [2.05, 4.69) is 9.97 Å². The number of imidazole rings is 1. The summed E-state index contributed by atoms with van der Waals surface area (Å²) in [7, 11) is 0. The molecular formula is C24H25N3O2S. The minimum absolute atomic E-state index is 0.110. The average molecular weight is 420 g/mol. The van der Waals surface area contributed by atoms with Crippen molar-refractivity contribution in [3.05, 3.63) is 71.5 Å². The van der Waals surface area contributed by atoms with Crippen LogP contribution in [-0.4, -0.2) is 45.9 Å². The highest BCUT2D eigenvalue weighted by atomic mass is 32.2. The van der Waals surface area contributed by atoms with Gasteiger partial charge in [0.25, 0.3) is 5.91 Å². The zero-order valence-electron chi connectivity index (χ0n) is 17.2. The van der Waals surface area contributed by atoms with E-state index in [-0.39, 0.29) is 17.6 Å². The number of H-pyrrole nitrogens is 1. The zero-order valence-corrected chi connectivity index (χ0v) is 18.0. The molecular weight excluding hydrogens is 394 g/mol. The van der Waals surface area contributed by atoms with Crippen molar-refractivity contribution < 1.29 is 9.59 Å². The van der Waals surface area contributed by atoms with Crippen molar-refractivity contribution in [2.75, 3.05) is 19.3 Å². The average Bonchev–Trinajstić information content (AvgIpc) is 3.20. The van der Waals surface area contributed by atoms with Crippen LogP contribution in [0.1, 0.15) is 39.4 Å². The third-order valence-electron chi connectivity index (χ3n) is 5.59. The quantitative estimate of drug-likeness (QED) is 0.475. The van der Waals surface area contributed by atoms with Crippen molar-refractivity contribution in [3.8, 4) is 11.4 Å². The lowest BCUT2D eigenvalue weighted by Crippen LogP contribution is -2.42. The Hall–Kier alpha value is -2.86. The molecule has 0 spiro atoms. The van der Waals surface area contributed by atoms with Gasteiger partial charge < -0.3 is 9.88 Å². The van der Waals surface area contributed by atoms with Crippen LogP contribution in [0.25, 0.3) is 11.4 Å². The third kappa shape index (κ3) is 4.19. The molecule has 1 aliphatic heterocycles. The highest BCUT2D eigenvalue weighted by Gasteiger charge is 2.31. The Bertz CT molecular complexity index is 1040. The number of Topliss-reactive ketones (excluding diaryl/α,β-unsaturated/α-hetero) is 1. The van der Waals surface area contributed by atoms with Crippen LogP contribution < -0.4 is 0 Å². The number of ketones is 1. The number of nitrogens with zero attached hydrogens (tertiary/aromatic N) is 2. The minimum Gasteiger partial charge on any atom is -0.341 e. The molecule has 1 fully saturated rings. The number of benzene rings is 2. The summed E-state index contributed by atoms with van der Waals surface area (Å²) < 4.78 is 0. The fourth-order valence-electron chi connectivity index (χ4n) is 3.92. The molecule has 0 saturated carbocycles. The van der Waals surface area contributed by atoms with Crippen molar-refractivity contribution in [3.63, 3.8) is 0 Å². The van der Waals surface area contributed by atoms with Gasteiger partial charge in [-0.1, -0.05) is 42.5 Å². The van der Waals surface area contributed by atoms with Crippen LogP contribution in [-0.2, 0) is 0 Å². The van der Waals surface area contributed by atoms with E-state index >= 15 is 0 Å². The molecule has 1 aliphatic rings. The summed E-state index contributed by atoms with van der Waals surface area (Å²) in [6.45, 7) is 2.96. The molecule has 4 rings (SSSR count). The predicted molar refractivity (Wildman–Crippen MR) is 120 cm³/mol. The number of aromatic amines is 1. The first kappa shape index (κ1) is 20.4. The van der Waals surface area contributed by atoms with Gasteiger partial charge in [-0.25, -0.2) is 4.98 Å². The van der Waals surface area contributed by atoms with Crippen molar-refractivity contribution in [1.29, 1.82) is 0 Å². The van der Waals surface area contributed by atoms with Gasteiger partial charge in [0.2, 0.25) is 0 Å². The van der Waals surface area contributed by atoms with Gasteiger partial charge in [0.05, 0.1) is 0 Å². The maximum absolute atomic E-state index is 13.2. The summed E-state index contributed by atoms with van der Waals surface area (Å²) in [5.41, 5.74) is 2.85. The van der Waals surface area contributed by atoms with Crippen LogP contribution in [0, 0.1) is 12.8 Å². The number of hydrogen-bond donors (Lipinski definition) is 1. The van der Waals surface area contributed by atoms with Crippen molar-refractivity contribution in [2.24, 2.45) is 5.92 Å². The van der Waals surface area contributed by atoms with Gasteiger partial charge in [-0.05, 0) is 38.2 Å². The van der Waals surface area contributed by atoms with Gasteiger partial charge in [-0.15, -0.1) is 11.8 Å². The molecule has 0 radical (unpaired) electrons. The number of likely N-dealkylation sites (tertiary alicyclic amines) is 1. The number of hydrogen-bond acceptors (Lipinski definition) is 4.